The summed E-state index contributed by atoms with van der Waals surface area (Å²) in [5, 5.41) is 13.9. The molecule has 5 rings (SSSR count). The number of rotatable bonds is 10. The van der Waals surface area contributed by atoms with Crippen LogP contribution in [0.15, 0.2) is 108 Å². The number of ether oxygens (including phenoxy) is 2. The van der Waals surface area contributed by atoms with Crippen LogP contribution < -0.4 is 10.6 Å². The molecule has 3 aromatic carbocycles. The number of β-lactam (4-membered cyclic amide) rings is 1. The van der Waals surface area contributed by atoms with Crippen LogP contribution in [0.3, 0.4) is 0 Å². The van der Waals surface area contributed by atoms with Crippen LogP contribution in [0.5, 0.6) is 5.75 Å². The highest BCUT2D eigenvalue weighted by Gasteiger charge is 2.55. The molecule has 14 heteroatoms. The van der Waals surface area contributed by atoms with Crippen molar-refractivity contribution in [2.24, 2.45) is 0 Å². The Morgan fingerprint density at radius 3 is 2.04 bits per heavy atom. The highest BCUT2D eigenvalue weighted by Crippen LogP contribution is 2.43. The summed E-state index contributed by atoms with van der Waals surface area (Å²) in [7, 11) is 0. The minimum atomic E-state index is -2.55. The molecule has 2 aliphatic heterocycles. The van der Waals surface area contributed by atoms with Crippen molar-refractivity contribution in [2.45, 2.75) is 56.4 Å². The molecule has 0 aromatic heterocycles. The number of fused-ring (bicyclic) bond motifs is 1. The van der Waals surface area contributed by atoms with Crippen LogP contribution in [-0.2, 0) is 23.9 Å². The zero-order valence-electron chi connectivity index (χ0n) is 27.2. The third-order valence-corrected chi connectivity index (χ3v) is 9.03. The predicted octanol–water partition coefficient (Wildman–Crippen LogP) is 6.41. The van der Waals surface area contributed by atoms with Gasteiger partial charge in [0.1, 0.15) is 34.5 Å². The van der Waals surface area contributed by atoms with E-state index in [0.717, 1.165) is 16.7 Å². The van der Waals surface area contributed by atoms with Gasteiger partial charge in [0.2, 0.25) is 5.91 Å². The van der Waals surface area contributed by atoms with Gasteiger partial charge < -0.3 is 25.2 Å². The quantitative estimate of drug-likeness (QED) is 0.163. The van der Waals surface area contributed by atoms with Crippen molar-refractivity contribution in [1.29, 1.82) is 0 Å². The average molecular weight is 710 g/mol. The van der Waals surface area contributed by atoms with Crippen molar-refractivity contribution in [3.63, 3.8) is 0 Å². The maximum Gasteiger partial charge on any atom is 0.408 e. The lowest BCUT2D eigenvalue weighted by Gasteiger charge is -2.50. The van der Waals surface area contributed by atoms with Crippen molar-refractivity contribution in [1.82, 2.24) is 15.5 Å². The van der Waals surface area contributed by atoms with Gasteiger partial charge in [0, 0.05) is 12.2 Å². The molecule has 2 aliphatic rings. The Kier molecular flexibility index (Phi) is 10.9. The maximum absolute atomic E-state index is 14.3. The van der Waals surface area contributed by atoms with Gasteiger partial charge in [-0.05, 0) is 55.2 Å². The number of carbonyl (C=O) groups is 4. The van der Waals surface area contributed by atoms with Crippen molar-refractivity contribution >= 4 is 35.6 Å². The molecule has 3 amide bonds. The zero-order chi connectivity index (χ0) is 36.2. The Balaban J connectivity index is 1.43. The first-order valence-corrected chi connectivity index (χ1v) is 16.5. The van der Waals surface area contributed by atoms with Crippen molar-refractivity contribution in [3.05, 3.63) is 125 Å². The minimum Gasteiger partial charge on any atom is -0.508 e. The van der Waals surface area contributed by atoms with Gasteiger partial charge in [-0.1, -0.05) is 72.8 Å². The van der Waals surface area contributed by atoms with E-state index < -0.39 is 71.4 Å². The Morgan fingerprint density at radius 1 is 0.920 bits per heavy atom. The fourth-order valence-electron chi connectivity index (χ4n) is 5.44. The molecule has 1 fully saturated rings. The van der Waals surface area contributed by atoms with Gasteiger partial charge in [-0.3, -0.25) is 14.5 Å². The molecule has 10 nitrogen and oxygen atoms in total. The molecule has 3 atom stereocenters. The molecule has 3 N–H and O–H groups in total. The molecular formula is C36H34F3N3O7S. The van der Waals surface area contributed by atoms with E-state index in [0.29, 0.717) is 11.1 Å². The largest absolute Gasteiger partial charge is 0.508 e. The smallest absolute Gasteiger partial charge is 0.408 e. The maximum atomic E-state index is 14.3. The van der Waals surface area contributed by atoms with Gasteiger partial charge in [-0.2, -0.15) is 8.78 Å². The lowest BCUT2D eigenvalue weighted by Crippen LogP contribution is -2.71. The Labute approximate surface area is 290 Å². The molecule has 3 aromatic rings. The Hall–Kier alpha value is -5.24. The topological polar surface area (TPSA) is 134 Å². The summed E-state index contributed by atoms with van der Waals surface area (Å²) in [5.41, 5.74) is 0.0794. The van der Waals surface area contributed by atoms with E-state index in [9.17, 15) is 37.5 Å². The first kappa shape index (κ1) is 36.1. The standard InChI is InChI=1S/C36H34F3N3O7S/c1-36(2,3)49-35(47)41-26(20-14-16-24(43)17-15-20)31(44)40-27-32(45)42-28(23(19-50-33(27)42)18-25(37)30(38)39)34(46)48-29(21-10-6-4-7-11-21)22-12-8-5-9-13-22/h4-17,26-27,29,33,43H,18-19H2,1-3H3,(H,40,44)(H,41,47)/t26?,27?,33-/m1/s1. The van der Waals surface area contributed by atoms with E-state index in [1.54, 1.807) is 81.4 Å². The van der Waals surface area contributed by atoms with Gasteiger partial charge >= 0.3 is 18.1 Å². The highest BCUT2D eigenvalue weighted by molar-refractivity contribution is 8.00. The first-order valence-electron chi connectivity index (χ1n) is 15.5. The molecular weight excluding hydrogens is 675 g/mol. The molecule has 0 bridgehead atoms. The van der Waals surface area contributed by atoms with Crippen LogP contribution in [-0.4, -0.2) is 56.7 Å². The van der Waals surface area contributed by atoms with Crippen LogP contribution >= 0.6 is 11.8 Å². The number of carbonyl (C=O) groups excluding carboxylic acids is 4. The number of amides is 3. The van der Waals surface area contributed by atoms with Crippen molar-refractivity contribution < 1.29 is 46.9 Å². The summed E-state index contributed by atoms with van der Waals surface area (Å²) >= 11 is 1.04. The van der Waals surface area contributed by atoms with Crippen molar-refractivity contribution in [2.75, 3.05) is 5.75 Å². The second kappa shape index (κ2) is 15.1. The molecule has 0 aliphatic carbocycles. The molecule has 0 saturated carbocycles. The highest BCUT2D eigenvalue weighted by atomic mass is 32.2. The molecule has 2 heterocycles. The molecule has 0 radical (unpaired) electrons. The van der Waals surface area contributed by atoms with Gasteiger partial charge in [0.05, 0.1) is 0 Å². The van der Waals surface area contributed by atoms with Crippen LogP contribution in [0.1, 0.15) is 56.0 Å². The molecule has 262 valence electrons. The summed E-state index contributed by atoms with van der Waals surface area (Å²) in [5.74, 6) is -4.60. The first-order chi connectivity index (χ1) is 23.7. The minimum absolute atomic E-state index is 0.0868. The number of nitrogens with zero attached hydrogens (tertiary/aromatic N) is 1. The van der Waals surface area contributed by atoms with Gasteiger partial charge in [-0.25, -0.2) is 14.0 Å². The number of thioether (sulfide) groups is 1. The van der Waals surface area contributed by atoms with Crippen LogP contribution in [0.2, 0.25) is 0 Å². The van der Waals surface area contributed by atoms with Crippen LogP contribution in [0.4, 0.5) is 18.0 Å². The number of phenolic OH excluding ortho intramolecular Hbond substituents is 1. The average Bonchev–Trinajstić information content (AvgIpc) is 3.08. The van der Waals surface area contributed by atoms with Crippen LogP contribution in [0, 0.1) is 0 Å². The number of alkyl carbamates (subject to hydrolysis) is 1. The van der Waals surface area contributed by atoms with E-state index in [1.807, 2.05) is 0 Å². The number of hydrogen-bond donors (Lipinski definition) is 3. The predicted molar refractivity (Wildman–Crippen MR) is 178 cm³/mol. The summed E-state index contributed by atoms with van der Waals surface area (Å²) in [6.45, 7) is 4.92. The van der Waals surface area contributed by atoms with Crippen molar-refractivity contribution in [3.8, 4) is 5.75 Å². The number of halogens is 3. The van der Waals surface area contributed by atoms with Gasteiger partial charge in [0.15, 0.2) is 11.9 Å². The summed E-state index contributed by atoms with van der Waals surface area (Å²) in [6, 6.07) is 20.3. The molecule has 0 spiro atoms. The Morgan fingerprint density at radius 2 is 1.50 bits per heavy atom. The van der Waals surface area contributed by atoms with E-state index >= 15 is 0 Å². The van der Waals surface area contributed by atoms with E-state index in [2.05, 4.69) is 10.6 Å². The number of aromatic hydroxyl groups is 1. The third-order valence-electron chi connectivity index (χ3n) is 7.69. The molecule has 1 saturated heterocycles. The second-order valence-electron chi connectivity index (χ2n) is 12.5. The fourth-order valence-corrected chi connectivity index (χ4v) is 6.78. The number of esters is 1. The normalized spacial score (nSPS) is 17.7. The number of benzene rings is 3. The van der Waals surface area contributed by atoms with Crippen LogP contribution in [0.25, 0.3) is 0 Å². The number of nitrogens with one attached hydrogen (secondary N) is 2. The van der Waals surface area contributed by atoms with E-state index in [4.69, 9.17) is 9.47 Å². The molecule has 50 heavy (non-hydrogen) atoms. The summed E-state index contributed by atoms with van der Waals surface area (Å²) in [4.78, 5) is 55.0. The zero-order valence-corrected chi connectivity index (χ0v) is 28.0. The monoisotopic (exact) mass is 709 g/mol. The summed E-state index contributed by atoms with van der Waals surface area (Å²) in [6.07, 6.45) is -5.36. The third kappa shape index (κ3) is 8.30. The van der Waals surface area contributed by atoms with Gasteiger partial charge in [0.25, 0.3) is 5.91 Å². The van der Waals surface area contributed by atoms with Gasteiger partial charge in [-0.15, -0.1) is 11.8 Å². The van der Waals surface area contributed by atoms with E-state index in [1.165, 1.54) is 24.3 Å². The lowest BCUT2D eigenvalue weighted by atomic mass is 9.99. The SMILES string of the molecule is CC(C)(C)OC(=O)NC(C(=O)NC1C(=O)N2C(C(=O)OC(c3ccccc3)c3ccccc3)=C(CC(F)=C(F)F)CS[C@H]12)c1ccc(O)cc1. The van der Waals surface area contributed by atoms with E-state index in [-0.39, 0.29) is 28.3 Å². The molecule has 2 unspecified atom stereocenters. The summed E-state index contributed by atoms with van der Waals surface area (Å²) < 4.78 is 52.0. The number of hydrogen-bond acceptors (Lipinski definition) is 8. The number of phenols is 1. The second-order valence-corrected chi connectivity index (χ2v) is 13.6. The fraction of sp³-hybridized carbons (Fsp3) is 0.278. The number of allylic oxidation sites excluding steroid dienone is 1. The lowest BCUT2D eigenvalue weighted by molar-refractivity contribution is -0.154. The Bertz CT molecular complexity index is 1770.